The van der Waals surface area contributed by atoms with Crippen molar-refractivity contribution in [1.82, 2.24) is 4.57 Å². The van der Waals surface area contributed by atoms with Crippen LogP contribution in [0.1, 0.15) is 0 Å². The van der Waals surface area contributed by atoms with Gasteiger partial charge in [-0.1, -0.05) is 29.5 Å². The standard InChI is InChI=1S/C19H20N2O3S2/c1-23-15-8-9-17-16(12-15)21(10-11-25-2)19(26-17)20-18(22)13-24-14-6-4-3-5-7-14/h3-9,12H,10-11,13H2,1-2H3. The van der Waals surface area contributed by atoms with Gasteiger partial charge in [0.05, 0.1) is 17.3 Å². The summed E-state index contributed by atoms with van der Waals surface area (Å²) in [5, 5.41) is 0. The van der Waals surface area contributed by atoms with Crippen LogP contribution in [0.2, 0.25) is 0 Å². The highest BCUT2D eigenvalue weighted by atomic mass is 32.2. The summed E-state index contributed by atoms with van der Waals surface area (Å²) in [5.74, 6) is 2.08. The Balaban J connectivity index is 1.89. The molecule has 2 aromatic carbocycles. The summed E-state index contributed by atoms with van der Waals surface area (Å²) in [7, 11) is 1.65. The van der Waals surface area contributed by atoms with Gasteiger partial charge in [-0.25, -0.2) is 0 Å². The number of thiazole rings is 1. The lowest BCUT2D eigenvalue weighted by Gasteiger charge is -2.05. The Hall–Kier alpha value is -2.25. The number of hydrogen-bond acceptors (Lipinski definition) is 5. The molecule has 1 aromatic heterocycles. The summed E-state index contributed by atoms with van der Waals surface area (Å²) >= 11 is 3.25. The van der Waals surface area contributed by atoms with E-state index in [1.807, 2.05) is 48.5 Å². The minimum absolute atomic E-state index is 0.0793. The molecule has 1 heterocycles. The number of carbonyl (C=O) groups excluding carboxylic acids is 1. The lowest BCUT2D eigenvalue weighted by Crippen LogP contribution is -2.20. The fraction of sp³-hybridized carbons (Fsp3) is 0.263. The molecule has 3 aromatic rings. The number of fused-ring (bicyclic) bond motifs is 1. The molecule has 0 fully saturated rings. The van der Waals surface area contributed by atoms with E-state index >= 15 is 0 Å². The molecule has 1 amide bonds. The Labute approximate surface area is 160 Å². The third-order valence-corrected chi connectivity index (χ3v) is 5.38. The van der Waals surface area contributed by atoms with Gasteiger partial charge in [0, 0.05) is 18.4 Å². The van der Waals surface area contributed by atoms with E-state index in [0.717, 1.165) is 28.3 Å². The molecule has 0 aliphatic heterocycles. The minimum Gasteiger partial charge on any atom is -0.497 e. The Morgan fingerprint density at radius 1 is 1.19 bits per heavy atom. The Bertz CT molecular complexity index is 948. The van der Waals surface area contributed by atoms with E-state index in [9.17, 15) is 4.79 Å². The molecule has 5 nitrogen and oxygen atoms in total. The molecule has 0 bridgehead atoms. The molecule has 0 aliphatic carbocycles. The van der Waals surface area contributed by atoms with Crippen molar-refractivity contribution in [2.45, 2.75) is 6.54 Å². The molecule has 7 heteroatoms. The number of aryl methyl sites for hydroxylation is 1. The zero-order valence-corrected chi connectivity index (χ0v) is 16.3. The van der Waals surface area contributed by atoms with E-state index in [-0.39, 0.29) is 12.5 Å². The fourth-order valence-corrected chi connectivity index (χ4v) is 3.88. The molecule has 0 aliphatic rings. The van der Waals surface area contributed by atoms with Gasteiger partial charge < -0.3 is 14.0 Å². The van der Waals surface area contributed by atoms with Crippen molar-refractivity contribution in [3.63, 3.8) is 0 Å². The van der Waals surface area contributed by atoms with Crippen molar-refractivity contribution in [3.8, 4) is 11.5 Å². The van der Waals surface area contributed by atoms with Gasteiger partial charge in [-0.15, -0.1) is 0 Å². The fourth-order valence-electron chi connectivity index (χ4n) is 2.46. The van der Waals surface area contributed by atoms with Gasteiger partial charge in [0.15, 0.2) is 11.4 Å². The zero-order chi connectivity index (χ0) is 18.4. The number of aromatic nitrogens is 1. The Morgan fingerprint density at radius 3 is 2.73 bits per heavy atom. The first kappa shape index (κ1) is 18.5. The molecular formula is C19H20N2O3S2. The molecular weight excluding hydrogens is 368 g/mol. The second-order valence-corrected chi connectivity index (χ2v) is 7.46. The molecule has 0 unspecified atom stereocenters. The predicted octanol–water partition coefficient (Wildman–Crippen LogP) is 3.58. The number of amides is 1. The van der Waals surface area contributed by atoms with Gasteiger partial charge in [0.2, 0.25) is 0 Å². The van der Waals surface area contributed by atoms with Gasteiger partial charge in [-0.3, -0.25) is 4.79 Å². The minimum atomic E-state index is -0.301. The number of benzene rings is 2. The van der Waals surface area contributed by atoms with E-state index in [0.29, 0.717) is 10.6 Å². The first-order chi connectivity index (χ1) is 12.7. The van der Waals surface area contributed by atoms with Gasteiger partial charge >= 0.3 is 0 Å². The Kier molecular flexibility index (Phi) is 6.35. The largest absolute Gasteiger partial charge is 0.497 e. The molecule has 0 saturated heterocycles. The normalized spacial score (nSPS) is 11.7. The summed E-state index contributed by atoms with van der Waals surface area (Å²) < 4.78 is 14.0. The molecule has 26 heavy (non-hydrogen) atoms. The van der Waals surface area contributed by atoms with Gasteiger partial charge in [-0.05, 0) is 30.5 Å². The maximum absolute atomic E-state index is 12.3. The van der Waals surface area contributed by atoms with E-state index in [2.05, 4.69) is 15.8 Å². The van der Waals surface area contributed by atoms with Crippen molar-refractivity contribution >= 4 is 39.2 Å². The average molecular weight is 389 g/mol. The second-order valence-electron chi connectivity index (χ2n) is 5.47. The SMILES string of the molecule is COc1ccc2sc(=NC(=O)COc3ccccc3)n(CCSC)c2c1. The van der Waals surface area contributed by atoms with Crippen molar-refractivity contribution in [2.24, 2.45) is 4.99 Å². The number of thioether (sulfide) groups is 1. The van der Waals surface area contributed by atoms with Crippen LogP contribution in [-0.4, -0.2) is 36.2 Å². The number of methoxy groups -OCH3 is 1. The molecule has 0 saturated carbocycles. The summed E-state index contributed by atoms with van der Waals surface area (Å²) in [6.07, 6.45) is 2.06. The predicted molar refractivity (Wildman–Crippen MR) is 107 cm³/mol. The van der Waals surface area contributed by atoms with E-state index in [1.165, 1.54) is 11.3 Å². The quantitative estimate of drug-likeness (QED) is 0.621. The monoisotopic (exact) mass is 388 g/mol. The highest BCUT2D eigenvalue weighted by molar-refractivity contribution is 7.98. The molecule has 0 atom stereocenters. The average Bonchev–Trinajstić information content (AvgIpc) is 3.01. The summed E-state index contributed by atoms with van der Waals surface area (Å²) in [6.45, 7) is 0.699. The first-order valence-corrected chi connectivity index (χ1v) is 10.3. The number of carbonyl (C=O) groups is 1. The third kappa shape index (κ3) is 4.47. The molecule has 3 rings (SSSR count). The van der Waals surface area contributed by atoms with Gasteiger partial charge in [0.1, 0.15) is 11.5 Å². The summed E-state index contributed by atoms with van der Waals surface area (Å²) in [4.78, 5) is 17.3. The second kappa shape index (κ2) is 8.91. The van der Waals surface area contributed by atoms with Crippen LogP contribution in [0.4, 0.5) is 0 Å². The highest BCUT2D eigenvalue weighted by Gasteiger charge is 2.09. The zero-order valence-electron chi connectivity index (χ0n) is 14.7. The van der Waals surface area contributed by atoms with E-state index < -0.39 is 0 Å². The van der Waals surface area contributed by atoms with Crippen molar-refractivity contribution in [2.75, 3.05) is 25.7 Å². The van der Waals surface area contributed by atoms with Crippen LogP contribution < -0.4 is 14.3 Å². The first-order valence-electron chi connectivity index (χ1n) is 8.13. The maximum atomic E-state index is 12.3. The smallest absolute Gasteiger partial charge is 0.286 e. The van der Waals surface area contributed by atoms with Crippen LogP contribution >= 0.6 is 23.1 Å². The summed E-state index contributed by atoms with van der Waals surface area (Å²) in [6, 6.07) is 15.2. The number of para-hydroxylation sites is 1. The van der Waals surface area contributed by atoms with E-state index in [4.69, 9.17) is 9.47 Å². The molecule has 0 spiro atoms. The molecule has 0 radical (unpaired) electrons. The van der Waals surface area contributed by atoms with Gasteiger partial charge in [-0.2, -0.15) is 16.8 Å². The lowest BCUT2D eigenvalue weighted by atomic mass is 10.3. The van der Waals surface area contributed by atoms with Crippen LogP contribution in [0, 0.1) is 0 Å². The van der Waals surface area contributed by atoms with Crippen molar-refractivity contribution < 1.29 is 14.3 Å². The number of rotatable bonds is 7. The van der Waals surface area contributed by atoms with Crippen LogP contribution in [0.5, 0.6) is 11.5 Å². The maximum Gasteiger partial charge on any atom is 0.286 e. The highest BCUT2D eigenvalue weighted by Crippen LogP contribution is 2.23. The van der Waals surface area contributed by atoms with Crippen LogP contribution in [-0.2, 0) is 11.3 Å². The number of ether oxygens (including phenoxy) is 2. The third-order valence-electron chi connectivity index (χ3n) is 3.73. The molecule has 0 N–H and O–H groups in total. The number of hydrogen-bond donors (Lipinski definition) is 0. The lowest BCUT2D eigenvalue weighted by molar-refractivity contribution is -0.120. The van der Waals surface area contributed by atoms with E-state index in [1.54, 1.807) is 18.9 Å². The van der Waals surface area contributed by atoms with Crippen molar-refractivity contribution in [3.05, 3.63) is 53.3 Å². The molecule has 136 valence electrons. The van der Waals surface area contributed by atoms with Gasteiger partial charge in [0.25, 0.3) is 5.91 Å². The number of nitrogens with zero attached hydrogens (tertiary/aromatic N) is 2. The van der Waals surface area contributed by atoms with Crippen LogP contribution in [0.25, 0.3) is 10.2 Å². The Morgan fingerprint density at radius 2 is 2.00 bits per heavy atom. The van der Waals surface area contributed by atoms with Crippen LogP contribution in [0.15, 0.2) is 53.5 Å². The van der Waals surface area contributed by atoms with Crippen molar-refractivity contribution in [1.29, 1.82) is 0 Å². The van der Waals surface area contributed by atoms with Crippen LogP contribution in [0.3, 0.4) is 0 Å². The topological polar surface area (TPSA) is 52.8 Å². The summed E-state index contributed by atoms with van der Waals surface area (Å²) in [5.41, 5.74) is 1.03.